The van der Waals surface area contributed by atoms with Crippen LogP contribution in [-0.4, -0.2) is 26.7 Å². The highest BCUT2D eigenvalue weighted by Crippen LogP contribution is 2.68. The van der Waals surface area contributed by atoms with Gasteiger partial charge in [-0.3, -0.25) is 0 Å². The molecule has 7 heteroatoms. The summed E-state index contributed by atoms with van der Waals surface area (Å²) in [7, 11) is 0. The number of nitrogen functional groups attached to an aromatic ring is 1. The Kier molecular flexibility index (Phi) is 3.55. The molecule has 0 spiro atoms. The van der Waals surface area contributed by atoms with Crippen molar-refractivity contribution >= 4 is 44.8 Å². The van der Waals surface area contributed by atoms with Gasteiger partial charge in [0.05, 0.1) is 11.7 Å². The molecule has 0 amide bonds. The third-order valence-electron chi connectivity index (χ3n) is 6.75. The van der Waals surface area contributed by atoms with E-state index in [1.165, 1.54) is 4.70 Å². The van der Waals surface area contributed by atoms with Crippen molar-refractivity contribution in [1.82, 2.24) is 9.97 Å². The van der Waals surface area contributed by atoms with E-state index in [2.05, 4.69) is 47.3 Å². The quantitative estimate of drug-likeness (QED) is 0.561. The second-order valence-corrected chi connectivity index (χ2v) is 9.52. The average Bonchev–Trinajstić information content (AvgIpc) is 2.92. The lowest BCUT2D eigenvalue weighted by Crippen LogP contribution is -2.43. The molecule has 27 heavy (non-hydrogen) atoms. The summed E-state index contributed by atoms with van der Waals surface area (Å²) >= 11 is 8.18. The summed E-state index contributed by atoms with van der Waals surface area (Å²) in [4.78, 5) is 9.69. The Bertz CT molecular complexity index is 1040. The minimum atomic E-state index is -0.272. The summed E-state index contributed by atoms with van der Waals surface area (Å²) < 4.78 is 1.18. The van der Waals surface area contributed by atoms with Crippen LogP contribution in [0.3, 0.4) is 0 Å². The number of hydrogen-bond acceptors (Lipinski definition) is 6. The van der Waals surface area contributed by atoms with E-state index >= 15 is 0 Å². The molecule has 2 aliphatic rings. The molecular weight excluding hydrogens is 380 g/mol. The molecule has 2 aromatic heterocycles. The Morgan fingerprint density at radius 3 is 2.78 bits per heavy atom. The molecule has 0 saturated heterocycles. The van der Waals surface area contributed by atoms with Crippen LogP contribution in [-0.2, 0) is 0 Å². The molecular formula is C20H21ClN4OS. The molecule has 0 aliphatic heterocycles. The number of nitrogens with two attached hydrogens (primary N) is 1. The van der Waals surface area contributed by atoms with E-state index in [0.29, 0.717) is 16.9 Å². The molecule has 4 unspecified atom stereocenters. The molecule has 4 atom stereocenters. The molecule has 2 heterocycles. The Balaban J connectivity index is 1.63. The van der Waals surface area contributed by atoms with Crippen LogP contribution in [0.4, 0.5) is 11.8 Å². The number of rotatable bonds is 3. The predicted octanol–water partition coefficient (Wildman–Crippen LogP) is 4.56. The summed E-state index contributed by atoms with van der Waals surface area (Å²) in [5, 5.41) is 15.5. The maximum absolute atomic E-state index is 10.4. The van der Waals surface area contributed by atoms with Gasteiger partial charge in [-0.25, -0.2) is 4.98 Å². The SMILES string of the molecule is CC1(Nc2nc(N)nc(Cl)c2-c2cc3ccccc3s2)CCC2C(O)C21C. The summed E-state index contributed by atoms with van der Waals surface area (Å²) in [6, 6.07) is 10.3. The lowest BCUT2D eigenvalue weighted by atomic mass is 9.84. The van der Waals surface area contributed by atoms with E-state index in [4.69, 9.17) is 17.3 Å². The van der Waals surface area contributed by atoms with Crippen LogP contribution in [0.25, 0.3) is 20.5 Å². The number of nitrogens with one attached hydrogen (secondary N) is 1. The van der Waals surface area contributed by atoms with Crippen molar-refractivity contribution in [2.24, 2.45) is 11.3 Å². The summed E-state index contributed by atoms with van der Waals surface area (Å²) in [6.45, 7) is 4.30. The van der Waals surface area contributed by atoms with Crippen LogP contribution in [0, 0.1) is 11.3 Å². The summed E-state index contributed by atoms with van der Waals surface area (Å²) in [6.07, 6.45) is 1.71. The number of aliphatic hydroxyl groups is 1. The maximum Gasteiger partial charge on any atom is 0.223 e. The first-order valence-electron chi connectivity index (χ1n) is 9.12. The zero-order valence-electron chi connectivity index (χ0n) is 15.2. The van der Waals surface area contributed by atoms with Gasteiger partial charge >= 0.3 is 0 Å². The molecule has 3 aromatic rings. The van der Waals surface area contributed by atoms with Crippen molar-refractivity contribution in [3.8, 4) is 10.4 Å². The molecule has 5 rings (SSSR count). The smallest absolute Gasteiger partial charge is 0.223 e. The molecule has 5 nitrogen and oxygen atoms in total. The number of halogens is 1. The number of aromatic nitrogens is 2. The Morgan fingerprint density at radius 1 is 1.30 bits per heavy atom. The van der Waals surface area contributed by atoms with Crippen LogP contribution < -0.4 is 11.1 Å². The number of anilines is 2. The van der Waals surface area contributed by atoms with Gasteiger partial charge in [-0.05, 0) is 43.2 Å². The van der Waals surface area contributed by atoms with Gasteiger partial charge in [-0.15, -0.1) is 11.3 Å². The van der Waals surface area contributed by atoms with Gasteiger partial charge < -0.3 is 16.2 Å². The minimum absolute atomic E-state index is 0.145. The van der Waals surface area contributed by atoms with Crippen molar-refractivity contribution in [3.63, 3.8) is 0 Å². The highest BCUT2D eigenvalue weighted by Gasteiger charge is 2.73. The fraction of sp³-hybridized carbons (Fsp3) is 0.400. The van der Waals surface area contributed by atoms with Gasteiger partial charge in [-0.1, -0.05) is 36.7 Å². The fourth-order valence-corrected chi connectivity index (χ4v) is 6.25. The Morgan fingerprint density at radius 2 is 2.07 bits per heavy atom. The first kappa shape index (κ1) is 17.2. The average molecular weight is 401 g/mol. The molecule has 4 N–H and O–H groups in total. The van der Waals surface area contributed by atoms with Crippen LogP contribution in [0.15, 0.2) is 30.3 Å². The summed E-state index contributed by atoms with van der Waals surface area (Å²) in [5.74, 6) is 1.13. The number of nitrogens with zero attached hydrogens (tertiary/aromatic N) is 2. The van der Waals surface area contributed by atoms with Gasteiger partial charge in [0.1, 0.15) is 11.0 Å². The van der Waals surface area contributed by atoms with E-state index in [1.54, 1.807) is 11.3 Å². The molecule has 2 fully saturated rings. The third kappa shape index (κ3) is 2.33. The predicted molar refractivity (Wildman–Crippen MR) is 111 cm³/mol. The number of benzene rings is 1. The summed E-state index contributed by atoms with van der Waals surface area (Å²) in [5.41, 5.74) is 6.26. The zero-order chi connectivity index (χ0) is 19.0. The standard InChI is InChI=1S/C20H21ClN4OS/c1-19(8-7-11-15(26)20(11,19)2)25-17-14(16(21)23-18(22)24-17)13-9-10-5-3-4-6-12(10)27-13/h3-6,9,11,15,26H,7-8H2,1-2H3,(H3,22,23,24,25). The van der Waals surface area contributed by atoms with E-state index in [0.717, 1.165) is 28.7 Å². The van der Waals surface area contributed by atoms with E-state index in [-0.39, 0.29) is 23.0 Å². The lowest BCUT2D eigenvalue weighted by molar-refractivity contribution is 0.172. The normalized spacial score (nSPS) is 31.9. The number of hydrogen-bond donors (Lipinski definition) is 3. The van der Waals surface area contributed by atoms with Gasteiger partial charge in [0.25, 0.3) is 0 Å². The number of aliphatic hydroxyl groups excluding tert-OH is 1. The fourth-order valence-electron chi connectivity index (χ4n) is 4.81. The molecule has 0 bridgehead atoms. The number of fused-ring (bicyclic) bond motifs is 2. The topological polar surface area (TPSA) is 84.1 Å². The zero-order valence-corrected chi connectivity index (χ0v) is 16.7. The maximum atomic E-state index is 10.4. The highest BCUT2D eigenvalue weighted by atomic mass is 35.5. The first-order chi connectivity index (χ1) is 12.8. The Hall–Kier alpha value is -1.89. The lowest BCUT2D eigenvalue weighted by Gasteiger charge is -2.35. The van der Waals surface area contributed by atoms with Crippen LogP contribution in [0.1, 0.15) is 26.7 Å². The molecule has 140 valence electrons. The molecule has 2 saturated carbocycles. The van der Waals surface area contributed by atoms with Crippen LogP contribution >= 0.6 is 22.9 Å². The Labute approximate surface area is 166 Å². The van der Waals surface area contributed by atoms with Crippen molar-refractivity contribution < 1.29 is 5.11 Å². The minimum Gasteiger partial charge on any atom is -0.392 e. The third-order valence-corrected chi connectivity index (χ3v) is 8.16. The first-order valence-corrected chi connectivity index (χ1v) is 10.3. The highest BCUT2D eigenvalue weighted by molar-refractivity contribution is 7.22. The molecule has 1 aromatic carbocycles. The van der Waals surface area contributed by atoms with E-state index < -0.39 is 0 Å². The van der Waals surface area contributed by atoms with Crippen molar-refractivity contribution in [2.75, 3.05) is 11.1 Å². The molecule has 0 radical (unpaired) electrons. The number of thiophene rings is 1. The van der Waals surface area contributed by atoms with Gasteiger partial charge in [0.2, 0.25) is 5.95 Å². The van der Waals surface area contributed by atoms with Gasteiger partial charge in [0, 0.05) is 20.5 Å². The monoisotopic (exact) mass is 400 g/mol. The molecule has 2 aliphatic carbocycles. The van der Waals surface area contributed by atoms with Gasteiger partial charge in [-0.2, -0.15) is 4.98 Å². The van der Waals surface area contributed by atoms with Crippen LogP contribution in [0.2, 0.25) is 5.15 Å². The largest absolute Gasteiger partial charge is 0.392 e. The van der Waals surface area contributed by atoms with Crippen molar-refractivity contribution in [3.05, 3.63) is 35.5 Å². The van der Waals surface area contributed by atoms with Crippen molar-refractivity contribution in [1.29, 1.82) is 0 Å². The van der Waals surface area contributed by atoms with Crippen LogP contribution in [0.5, 0.6) is 0 Å². The van der Waals surface area contributed by atoms with Crippen molar-refractivity contribution in [2.45, 2.75) is 38.3 Å². The van der Waals surface area contributed by atoms with E-state index in [1.807, 2.05) is 12.1 Å². The van der Waals surface area contributed by atoms with Gasteiger partial charge in [0.15, 0.2) is 0 Å². The second kappa shape index (κ2) is 5.56. The second-order valence-electron chi connectivity index (χ2n) is 8.07. The van der Waals surface area contributed by atoms with E-state index in [9.17, 15) is 5.11 Å².